The maximum absolute atomic E-state index is 14.1. The third kappa shape index (κ3) is 6.96. The summed E-state index contributed by atoms with van der Waals surface area (Å²) in [5.74, 6) is -1.67. The summed E-state index contributed by atoms with van der Waals surface area (Å²) in [5.41, 5.74) is 1.46. The number of fused-ring (bicyclic) bond motifs is 2. The zero-order chi connectivity index (χ0) is 31.3. The zero-order valence-corrected chi connectivity index (χ0v) is 25.0. The molecule has 2 bridgehead atoms. The van der Waals surface area contributed by atoms with Gasteiger partial charge in [-0.15, -0.1) is 0 Å². The van der Waals surface area contributed by atoms with Crippen LogP contribution in [0.4, 0.5) is 0 Å². The van der Waals surface area contributed by atoms with E-state index in [0.29, 0.717) is 11.3 Å². The van der Waals surface area contributed by atoms with Crippen LogP contribution >= 0.6 is 0 Å². The maximum atomic E-state index is 14.1. The van der Waals surface area contributed by atoms with E-state index in [9.17, 15) is 19.2 Å². The Morgan fingerprint density at radius 3 is 2.42 bits per heavy atom. The average molecular weight is 593 g/mol. The molecule has 0 saturated carbocycles. The molecule has 1 aliphatic heterocycles. The highest BCUT2D eigenvalue weighted by molar-refractivity contribution is 6.02. The number of hydrogen-bond acceptors (Lipinski definition) is 9. The number of aryl methyl sites for hydroxylation is 1. The number of carbonyl (C=O) groups excluding carboxylic acids is 4. The number of benzene rings is 2. The summed E-state index contributed by atoms with van der Waals surface area (Å²) >= 11 is 0. The number of aromatic nitrogens is 1. The van der Waals surface area contributed by atoms with E-state index >= 15 is 0 Å². The molecular formula is C31H36N4O8. The fraction of sp³-hybridized carbons (Fsp3) is 0.387. The van der Waals surface area contributed by atoms with E-state index in [2.05, 4.69) is 15.8 Å². The Labute approximate surface area is 249 Å². The zero-order valence-electron chi connectivity index (χ0n) is 25.0. The van der Waals surface area contributed by atoms with Crippen LogP contribution in [0.5, 0.6) is 11.5 Å². The predicted molar refractivity (Wildman–Crippen MR) is 156 cm³/mol. The van der Waals surface area contributed by atoms with Gasteiger partial charge in [0.25, 0.3) is 11.8 Å². The first-order valence-electron chi connectivity index (χ1n) is 13.9. The van der Waals surface area contributed by atoms with Crippen molar-refractivity contribution in [1.29, 1.82) is 0 Å². The van der Waals surface area contributed by atoms with Crippen molar-refractivity contribution in [1.82, 2.24) is 20.7 Å². The fourth-order valence-electron chi connectivity index (χ4n) is 4.77. The largest absolute Gasteiger partial charge is 0.493 e. The molecule has 0 aliphatic carbocycles. The van der Waals surface area contributed by atoms with Crippen molar-refractivity contribution in [3.63, 3.8) is 0 Å². The van der Waals surface area contributed by atoms with Crippen molar-refractivity contribution >= 4 is 23.7 Å². The molecular weight excluding hydrogens is 556 g/mol. The van der Waals surface area contributed by atoms with Crippen LogP contribution in [0.1, 0.15) is 47.2 Å². The number of hydrogen-bond donors (Lipinski definition) is 2. The molecule has 2 N–H and O–H groups in total. The number of rotatable bonds is 5. The molecule has 228 valence electrons. The molecule has 0 radical (unpaired) electrons. The van der Waals surface area contributed by atoms with Crippen molar-refractivity contribution in [2.45, 2.75) is 45.9 Å². The summed E-state index contributed by atoms with van der Waals surface area (Å²) in [6, 6.07) is 12.2. The maximum Gasteiger partial charge on any atom is 0.349 e. The second kappa shape index (κ2) is 13.4. The van der Waals surface area contributed by atoms with Crippen LogP contribution in [0.25, 0.3) is 11.3 Å². The lowest BCUT2D eigenvalue weighted by Crippen LogP contribution is -2.54. The van der Waals surface area contributed by atoms with Gasteiger partial charge in [-0.05, 0) is 38.0 Å². The second-order valence-electron chi connectivity index (χ2n) is 10.6. The number of esters is 1. The van der Waals surface area contributed by atoms with Crippen LogP contribution in [0, 0.1) is 12.8 Å². The quantitative estimate of drug-likeness (QED) is 0.427. The Balaban J connectivity index is 1.78. The Hall–Kier alpha value is -4.87. The molecule has 3 atom stereocenters. The van der Waals surface area contributed by atoms with Gasteiger partial charge in [0.2, 0.25) is 12.0 Å². The van der Waals surface area contributed by atoms with Gasteiger partial charge in [-0.2, -0.15) is 0 Å². The molecule has 2 unspecified atom stereocenters. The van der Waals surface area contributed by atoms with Gasteiger partial charge >= 0.3 is 5.97 Å². The van der Waals surface area contributed by atoms with Crippen molar-refractivity contribution < 1.29 is 37.9 Å². The lowest BCUT2D eigenvalue weighted by molar-refractivity contribution is -0.150. The first-order valence-corrected chi connectivity index (χ1v) is 13.9. The Morgan fingerprint density at radius 1 is 1.05 bits per heavy atom. The van der Waals surface area contributed by atoms with E-state index in [1.54, 1.807) is 38.1 Å². The van der Waals surface area contributed by atoms with Gasteiger partial charge in [-0.3, -0.25) is 14.4 Å². The molecule has 0 fully saturated rings. The molecule has 4 rings (SSSR count). The minimum atomic E-state index is -1.29. The number of ether oxygens (including phenoxy) is 3. The molecule has 0 spiro atoms. The van der Waals surface area contributed by atoms with Crippen LogP contribution in [0.15, 0.2) is 53.1 Å². The summed E-state index contributed by atoms with van der Waals surface area (Å²) in [6.07, 6.45) is -1.29. The van der Waals surface area contributed by atoms with Crippen LogP contribution in [0.2, 0.25) is 0 Å². The van der Waals surface area contributed by atoms with E-state index in [1.807, 2.05) is 32.0 Å². The highest BCUT2D eigenvalue weighted by Gasteiger charge is 2.34. The molecule has 2 heterocycles. The molecule has 43 heavy (non-hydrogen) atoms. The number of amides is 3. The molecule has 12 heteroatoms. The smallest absolute Gasteiger partial charge is 0.349 e. The Bertz CT molecular complexity index is 1490. The minimum absolute atomic E-state index is 0.00281. The van der Waals surface area contributed by atoms with E-state index in [0.717, 1.165) is 0 Å². The monoisotopic (exact) mass is 592 g/mol. The normalized spacial score (nSPS) is 19.5. The number of nitrogens with one attached hydrogen (secondary N) is 2. The average Bonchev–Trinajstić information content (AvgIpc) is 3.38. The molecule has 1 aliphatic rings. The van der Waals surface area contributed by atoms with Crippen molar-refractivity contribution in [2.75, 3.05) is 27.3 Å². The van der Waals surface area contributed by atoms with Gasteiger partial charge in [0.15, 0.2) is 11.5 Å². The highest BCUT2D eigenvalue weighted by Crippen LogP contribution is 2.31. The molecule has 1 aromatic heterocycles. The molecule has 12 nitrogen and oxygen atoms in total. The van der Waals surface area contributed by atoms with Crippen molar-refractivity contribution in [2.24, 2.45) is 5.92 Å². The van der Waals surface area contributed by atoms with Gasteiger partial charge in [0.1, 0.15) is 17.0 Å². The summed E-state index contributed by atoms with van der Waals surface area (Å²) in [4.78, 5) is 55.1. The highest BCUT2D eigenvalue weighted by atomic mass is 16.6. The first-order chi connectivity index (χ1) is 20.5. The number of methoxy groups -OCH3 is 2. The van der Waals surface area contributed by atoms with Gasteiger partial charge in [-0.1, -0.05) is 49.3 Å². The SMILES string of the molecule is COC(=O)C1Oc2cc(ccc2OC)C(=O)NC(C(C)C)CN(C(=O)c2c(-c3ccccc3)noc2C)CC(=O)N[C@H]1C. The van der Waals surface area contributed by atoms with Crippen molar-refractivity contribution in [3.8, 4) is 22.8 Å². The van der Waals surface area contributed by atoms with Crippen LogP contribution in [-0.4, -0.2) is 79.2 Å². The standard InChI is InChI=1S/C31H36N4O8/c1-17(2)22-15-35(30(38)26-19(4)43-34-27(26)20-10-8-7-9-11-20)16-25(36)32-18(3)28(31(39)41-6)42-24-14-21(29(37)33-22)12-13-23(24)40-5/h7-14,17-18,22,28H,15-16H2,1-6H3,(H,32,36)(H,33,37)/t18-,22?,28?/m0/s1. The van der Waals surface area contributed by atoms with Crippen molar-refractivity contribution in [3.05, 3.63) is 65.4 Å². The molecule has 2 aromatic carbocycles. The van der Waals surface area contributed by atoms with Crippen LogP contribution < -0.4 is 20.1 Å². The topological polar surface area (TPSA) is 149 Å². The van der Waals surface area contributed by atoms with E-state index in [-0.39, 0.29) is 47.4 Å². The summed E-state index contributed by atoms with van der Waals surface area (Å²) in [6.45, 7) is 6.63. The van der Waals surface area contributed by atoms with Gasteiger partial charge in [-0.25, -0.2) is 4.79 Å². The summed E-state index contributed by atoms with van der Waals surface area (Å²) in [5, 5.41) is 9.87. The van der Waals surface area contributed by atoms with E-state index in [4.69, 9.17) is 18.7 Å². The third-order valence-corrected chi connectivity index (χ3v) is 7.24. The van der Waals surface area contributed by atoms with Gasteiger partial charge < -0.3 is 34.3 Å². The predicted octanol–water partition coefficient (Wildman–Crippen LogP) is 2.99. The first kappa shape index (κ1) is 31.1. The van der Waals surface area contributed by atoms with Crippen LogP contribution in [0.3, 0.4) is 0 Å². The lowest BCUT2D eigenvalue weighted by Gasteiger charge is -2.31. The number of nitrogens with zero attached hydrogens (tertiary/aromatic N) is 2. The molecule has 0 saturated heterocycles. The van der Waals surface area contributed by atoms with Gasteiger partial charge in [0.05, 0.1) is 26.8 Å². The Kier molecular flexibility index (Phi) is 9.69. The van der Waals surface area contributed by atoms with Crippen LogP contribution in [-0.2, 0) is 14.3 Å². The van der Waals surface area contributed by atoms with E-state index in [1.165, 1.54) is 25.2 Å². The Morgan fingerprint density at radius 2 is 1.77 bits per heavy atom. The third-order valence-electron chi connectivity index (χ3n) is 7.24. The number of carbonyl (C=O) groups is 4. The minimum Gasteiger partial charge on any atom is -0.493 e. The molecule has 3 amide bonds. The fourth-order valence-corrected chi connectivity index (χ4v) is 4.77. The van der Waals surface area contributed by atoms with E-state index < -0.39 is 41.9 Å². The summed E-state index contributed by atoms with van der Waals surface area (Å²) in [7, 11) is 2.63. The lowest BCUT2D eigenvalue weighted by atomic mass is 10.0. The molecule has 3 aromatic rings. The van der Waals surface area contributed by atoms with Gasteiger partial charge in [0, 0.05) is 23.7 Å². The summed E-state index contributed by atoms with van der Waals surface area (Å²) < 4.78 is 21.7. The second-order valence-corrected chi connectivity index (χ2v) is 10.6.